The summed E-state index contributed by atoms with van der Waals surface area (Å²) >= 11 is 4.81. The largest absolute Gasteiger partial charge is 0.393 e. The molecule has 1 unspecified atom stereocenters. The van der Waals surface area contributed by atoms with E-state index in [4.69, 9.17) is 18.0 Å². The number of carbonyl (C=O) groups is 1. The average Bonchev–Trinajstić information content (AvgIpc) is 2.27. The van der Waals surface area contributed by atoms with E-state index in [2.05, 4.69) is 6.07 Å². The van der Waals surface area contributed by atoms with Crippen molar-refractivity contribution in [3.8, 4) is 0 Å². The number of hydrogen-bond acceptors (Lipinski definition) is 2. The van der Waals surface area contributed by atoms with Crippen LogP contribution in [0.2, 0.25) is 0 Å². The maximum atomic E-state index is 12.1. The summed E-state index contributed by atoms with van der Waals surface area (Å²) in [5, 5.41) is 0. The lowest BCUT2D eigenvalue weighted by atomic mass is 9.77. The van der Waals surface area contributed by atoms with Gasteiger partial charge < -0.3 is 10.6 Å². The minimum Gasteiger partial charge on any atom is -0.393 e. The molecule has 0 fully saturated rings. The van der Waals surface area contributed by atoms with E-state index in [1.165, 1.54) is 11.1 Å². The van der Waals surface area contributed by atoms with Gasteiger partial charge in [0.05, 0.1) is 10.9 Å². The summed E-state index contributed by atoms with van der Waals surface area (Å²) in [6.07, 6.45) is 1.44. The van der Waals surface area contributed by atoms with E-state index in [9.17, 15) is 4.79 Å². The first-order valence-electron chi connectivity index (χ1n) is 5.70. The molecule has 2 rings (SSSR count). The molecule has 0 spiro atoms. The maximum absolute atomic E-state index is 12.1. The highest BCUT2D eigenvalue weighted by atomic mass is 32.1. The van der Waals surface area contributed by atoms with E-state index in [0.717, 1.165) is 6.42 Å². The van der Waals surface area contributed by atoms with Crippen LogP contribution >= 0.6 is 12.2 Å². The summed E-state index contributed by atoms with van der Waals surface area (Å²) in [5.41, 5.74) is 7.89. The molecule has 0 radical (unpaired) electrons. The van der Waals surface area contributed by atoms with Gasteiger partial charge in [0.2, 0.25) is 5.91 Å². The van der Waals surface area contributed by atoms with Gasteiger partial charge in [-0.25, -0.2) is 0 Å². The minimum absolute atomic E-state index is 0.0301. The topological polar surface area (TPSA) is 46.3 Å². The van der Waals surface area contributed by atoms with Gasteiger partial charge in [0.1, 0.15) is 0 Å². The number of rotatable bonds is 4. The Morgan fingerprint density at radius 3 is 2.88 bits per heavy atom. The molecular formula is C13H16N2OS. The van der Waals surface area contributed by atoms with E-state index in [1.807, 2.05) is 25.2 Å². The van der Waals surface area contributed by atoms with Gasteiger partial charge in [-0.3, -0.25) is 4.79 Å². The third kappa shape index (κ3) is 2.47. The lowest BCUT2D eigenvalue weighted by Gasteiger charge is -2.32. The predicted octanol–water partition coefficient (Wildman–Crippen LogP) is 1.46. The number of nitrogens with zero attached hydrogens (tertiary/aromatic N) is 1. The number of fused-ring (bicyclic) bond motifs is 1. The fourth-order valence-electron chi connectivity index (χ4n) is 2.13. The Labute approximate surface area is 107 Å². The number of hydrogen-bond donors (Lipinski definition) is 1. The molecule has 0 aliphatic heterocycles. The Balaban J connectivity index is 1.97. The fraction of sp³-hybridized carbons (Fsp3) is 0.385. The molecule has 1 amide bonds. The second kappa shape index (κ2) is 4.84. The van der Waals surface area contributed by atoms with Gasteiger partial charge in [0, 0.05) is 20.0 Å². The van der Waals surface area contributed by atoms with Gasteiger partial charge in [0.25, 0.3) is 0 Å². The molecule has 0 heterocycles. The highest BCUT2D eigenvalue weighted by molar-refractivity contribution is 7.80. The molecular weight excluding hydrogens is 232 g/mol. The average molecular weight is 248 g/mol. The molecule has 1 aromatic rings. The molecule has 0 aromatic heterocycles. The van der Waals surface area contributed by atoms with Crippen molar-refractivity contribution in [1.82, 2.24) is 4.90 Å². The van der Waals surface area contributed by atoms with Gasteiger partial charge in [0.15, 0.2) is 0 Å². The van der Waals surface area contributed by atoms with Crippen molar-refractivity contribution in [3.05, 3.63) is 35.4 Å². The van der Waals surface area contributed by atoms with Crippen molar-refractivity contribution in [1.29, 1.82) is 0 Å². The molecule has 90 valence electrons. The van der Waals surface area contributed by atoms with Gasteiger partial charge >= 0.3 is 0 Å². The molecule has 1 atom stereocenters. The highest BCUT2D eigenvalue weighted by Crippen LogP contribution is 2.35. The second-order valence-electron chi connectivity index (χ2n) is 4.43. The Hall–Kier alpha value is -1.42. The summed E-state index contributed by atoms with van der Waals surface area (Å²) in [4.78, 5) is 14.3. The number of nitrogens with two attached hydrogens (primary N) is 1. The van der Waals surface area contributed by atoms with Crippen LogP contribution in [0.25, 0.3) is 0 Å². The zero-order valence-electron chi connectivity index (χ0n) is 9.85. The highest BCUT2D eigenvalue weighted by Gasteiger charge is 2.33. The van der Waals surface area contributed by atoms with E-state index in [0.29, 0.717) is 18.0 Å². The lowest BCUT2D eigenvalue weighted by Crippen LogP contribution is -2.38. The SMILES string of the molecule is CN(CCC(N)=S)C(=O)C1Cc2ccccc21. The number of thiocarbonyl (C=S) groups is 1. The fourth-order valence-corrected chi connectivity index (χ4v) is 2.22. The smallest absolute Gasteiger partial charge is 0.230 e. The first-order valence-corrected chi connectivity index (χ1v) is 6.11. The predicted molar refractivity (Wildman–Crippen MR) is 71.9 cm³/mol. The van der Waals surface area contributed by atoms with Crippen LogP contribution in [0.5, 0.6) is 0 Å². The van der Waals surface area contributed by atoms with Gasteiger partial charge in [-0.1, -0.05) is 36.5 Å². The van der Waals surface area contributed by atoms with Crippen molar-refractivity contribution in [2.75, 3.05) is 13.6 Å². The zero-order valence-corrected chi connectivity index (χ0v) is 10.7. The number of amides is 1. The first kappa shape index (κ1) is 12.0. The Bertz CT molecular complexity index is 458. The normalized spacial score (nSPS) is 16.9. The quantitative estimate of drug-likeness (QED) is 0.821. The lowest BCUT2D eigenvalue weighted by molar-refractivity contribution is -0.132. The monoisotopic (exact) mass is 248 g/mol. The van der Waals surface area contributed by atoms with Crippen LogP contribution in [0, 0.1) is 0 Å². The Morgan fingerprint density at radius 2 is 2.24 bits per heavy atom. The standard InChI is InChI=1S/C13H16N2OS/c1-15(7-6-12(14)17)13(16)11-8-9-4-2-3-5-10(9)11/h2-5,11H,6-8H2,1H3,(H2,14,17). The van der Waals surface area contributed by atoms with Crippen molar-refractivity contribution >= 4 is 23.1 Å². The van der Waals surface area contributed by atoms with Crippen LogP contribution in [0.3, 0.4) is 0 Å². The molecule has 1 aromatic carbocycles. The van der Waals surface area contributed by atoms with Crippen LogP contribution in [-0.2, 0) is 11.2 Å². The zero-order chi connectivity index (χ0) is 12.4. The van der Waals surface area contributed by atoms with Crippen molar-refractivity contribution in [2.24, 2.45) is 5.73 Å². The molecule has 0 saturated heterocycles. The van der Waals surface area contributed by atoms with Crippen LogP contribution in [0.15, 0.2) is 24.3 Å². The molecule has 17 heavy (non-hydrogen) atoms. The summed E-state index contributed by atoms with van der Waals surface area (Å²) in [6.45, 7) is 0.604. The van der Waals surface area contributed by atoms with Crippen LogP contribution in [0.1, 0.15) is 23.5 Å². The maximum Gasteiger partial charge on any atom is 0.230 e. The first-order chi connectivity index (χ1) is 8.09. The van der Waals surface area contributed by atoms with Crippen molar-refractivity contribution in [2.45, 2.75) is 18.8 Å². The van der Waals surface area contributed by atoms with Gasteiger partial charge in [-0.05, 0) is 17.5 Å². The van der Waals surface area contributed by atoms with E-state index < -0.39 is 0 Å². The van der Waals surface area contributed by atoms with Gasteiger partial charge in [-0.15, -0.1) is 0 Å². The van der Waals surface area contributed by atoms with E-state index in [1.54, 1.807) is 4.90 Å². The molecule has 3 nitrogen and oxygen atoms in total. The summed E-state index contributed by atoms with van der Waals surface area (Å²) in [7, 11) is 1.81. The molecule has 1 aliphatic carbocycles. The van der Waals surface area contributed by atoms with Crippen LogP contribution in [-0.4, -0.2) is 29.4 Å². The van der Waals surface area contributed by atoms with E-state index in [-0.39, 0.29) is 11.8 Å². The van der Waals surface area contributed by atoms with Crippen LogP contribution in [0.4, 0.5) is 0 Å². The van der Waals surface area contributed by atoms with E-state index >= 15 is 0 Å². The second-order valence-corrected chi connectivity index (χ2v) is 4.96. The Morgan fingerprint density at radius 1 is 1.53 bits per heavy atom. The third-order valence-electron chi connectivity index (χ3n) is 3.22. The molecule has 2 N–H and O–H groups in total. The number of carbonyl (C=O) groups excluding carboxylic acids is 1. The van der Waals surface area contributed by atoms with Gasteiger partial charge in [-0.2, -0.15) is 0 Å². The Kier molecular flexibility index (Phi) is 3.43. The van der Waals surface area contributed by atoms with Crippen LogP contribution < -0.4 is 5.73 Å². The molecule has 0 bridgehead atoms. The molecule has 0 saturated carbocycles. The van der Waals surface area contributed by atoms with Crippen molar-refractivity contribution < 1.29 is 4.79 Å². The number of likely N-dealkylation sites (N-methyl/N-ethyl adjacent to an activating group) is 1. The molecule has 1 aliphatic rings. The summed E-state index contributed by atoms with van der Waals surface area (Å²) < 4.78 is 0. The van der Waals surface area contributed by atoms with Crippen molar-refractivity contribution in [3.63, 3.8) is 0 Å². The summed E-state index contributed by atoms with van der Waals surface area (Å²) in [6, 6.07) is 8.10. The minimum atomic E-state index is 0.0301. The number of benzene rings is 1. The molecule has 4 heteroatoms. The third-order valence-corrected chi connectivity index (χ3v) is 3.43. The summed E-state index contributed by atoms with van der Waals surface area (Å²) in [5.74, 6) is 0.197.